The van der Waals surface area contributed by atoms with Crippen molar-refractivity contribution in [1.82, 2.24) is 4.90 Å². The Hall–Kier alpha value is -1.39. The standard InChI is InChI=1S/C17H27N3O/c1-12-8-14(3)16(9-18)20(10-12)11-17(21)19-15-7-5-4-6-13(15)2/h4-7,12,14,16H,8-11,18H2,1-3H3,(H,19,21). The number of hydrogen-bond acceptors (Lipinski definition) is 3. The van der Waals surface area contributed by atoms with Gasteiger partial charge in [-0.3, -0.25) is 9.69 Å². The van der Waals surface area contributed by atoms with Gasteiger partial charge in [-0.05, 0) is 36.8 Å². The Labute approximate surface area is 127 Å². The molecule has 0 spiro atoms. The van der Waals surface area contributed by atoms with Gasteiger partial charge in [-0.15, -0.1) is 0 Å². The van der Waals surface area contributed by atoms with Crippen LogP contribution < -0.4 is 11.1 Å². The second-order valence-corrected chi connectivity index (χ2v) is 6.41. The number of rotatable bonds is 4. The zero-order valence-electron chi connectivity index (χ0n) is 13.3. The highest BCUT2D eigenvalue weighted by molar-refractivity contribution is 5.92. The van der Waals surface area contributed by atoms with Crippen LogP contribution in [0.3, 0.4) is 0 Å². The molecule has 0 aromatic heterocycles. The molecule has 3 atom stereocenters. The topological polar surface area (TPSA) is 58.4 Å². The lowest BCUT2D eigenvalue weighted by Crippen LogP contribution is -2.53. The summed E-state index contributed by atoms with van der Waals surface area (Å²) in [6.45, 7) is 8.47. The number of para-hydroxylation sites is 1. The first-order chi connectivity index (χ1) is 10.0. The molecule has 3 unspecified atom stereocenters. The van der Waals surface area contributed by atoms with E-state index in [2.05, 4.69) is 24.1 Å². The van der Waals surface area contributed by atoms with Crippen LogP contribution in [0.5, 0.6) is 0 Å². The molecule has 4 heteroatoms. The van der Waals surface area contributed by atoms with Crippen molar-refractivity contribution in [2.75, 3.05) is 25.0 Å². The molecule has 1 amide bonds. The molecule has 1 aromatic rings. The van der Waals surface area contributed by atoms with E-state index in [1.165, 1.54) is 6.42 Å². The zero-order chi connectivity index (χ0) is 15.4. The highest BCUT2D eigenvalue weighted by atomic mass is 16.2. The number of carbonyl (C=O) groups is 1. The Kier molecular flexibility index (Phi) is 5.37. The third-order valence-corrected chi connectivity index (χ3v) is 4.45. The molecule has 0 aliphatic carbocycles. The van der Waals surface area contributed by atoms with Crippen LogP contribution in [0.4, 0.5) is 5.69 Å². The average molecular weight is 289 g/mol. The predicted molar refractivity (Wildman–Crippen MR) is 87.2 cm³/mol. The van der Waals surface area contributed by atoms with Crippen LogP contribution in [0.25, 0.3) is 0 Å². The van der Waals surface area contributed by atoms with Crippen molar-refractivity contribution in [2.24, 2.45) is 17.6 Å². The van der Waals surface area contributed by atoms with Gasteiger partial charge in [0.2, 0.25) is 5.91 Å². The van der Waals surface area contributed by atoms with E-state index in [1.54, 1.807) is 0 Å². The van der Waals surface area contributed by atoms with Crippen LogP contribution in [-0.4, -0.2) is 36.5 Å². The summed E-state index contributed by atoms with van der Waals surface area (Å²) in [5.74, 6) is 1.21. The fourth-order valence-corrected chi connectivity index (χ4v) is 3.41. The molecular formula is C17H27N3O. The number of likely N-dealkylation sites (tertiary alicyclic amines) is 1. The fourth-order valence-electron chi connectivity index (χ4n) is 3.41. The molecule has 2 rings (SSSR count). The van der Waals surface area contributed by atoms with Crippen molar-refractivity contribution in [3.63, 3.8) is 0 Å². The Balaban J connectivity index is 1.99. The molecule has 1 aliphatic heterocycles. The SMILES string of the molecule is Cc1ccccc1NC(=O)CN1CC(C)CC(C)C1CN. The van der Waals surface area contributed by atoms with Crippen LogP contribution in [0.1, 0.15) is 25.8 Å². The minimum atomic E-state index is 0.0454. The molecule has 1 heterocycles. The second kappa shape index (κ2) is 7.05. The number of nitrogens with one attached hydrogen (secondary N) is 1. The van der Waals surface area contributed by atoms with Gasteiger partial charge >= 0.3 is 0 Å². The molecule has 1 aromatic carbocycles. The summed E-state index contributed by atoms with van der Waals surface area (Å²) in [6, 6.07) is 8.17. The van der Waals surface area contributed by atoms with Gasteiger partial charge in [-0.25, -0.2) is 0 Å². The summed E-state index contributed by atoms with van der Waals surface area (Å²) in [5.41, 5.74) is 7.89. The molecule has 4 nitrogen and oxygen atoms in total. The lowest BCUT2D eigenvalue weighted by atomic mass is 9.85. The number of benzene rings is 1. The number of nitrogens with zero attached hydrogens (tertiary/aromatic N) is 1. The Morgan fingerprint density at radius 2 is 2.10 bits per heavy atom. The van der Waals surface area contributed by atoms with Crippen molar-refractivity contribution in [1.29, 1.82) is 0 Å². The molecule has 0 radical (unpaired) electrons. The number of amides is 1. The molecule has 1 fully saturated rings. The van der Waals surface area contributed by atoms with Gasteiger partial charge in [0.05, 0.1) is 6.54 Å². The lowest BCUT2D eigenvalue weighted by Gasteiger charge is -2.42. The van der Waals surface area contributed by atoms with E-state index in [0.29, 0.717) is 31.0 Å². The number of aryl methyl sites for hydroxylation is 1. The van der Waals surface area contributed by atoms with Gasteiger partial charge in [0.25, 0.3) is 0 Å². The van der Waals surface area contributed by atoms with Gasteiger partial charge in [-0.1, -0.05) is 32.0 Å². The maximum absolute atomic E-state index is 12.3. The highest BCUT2D eigenvalue weighted by Crippen LogP contribution is 2.26. The van der Waals surface area contributed by atoms with E-state index in [9.17, 15) is 4.79 Å². The zero-order valence-corrected chi connectivity index (χ0v) is 13.3. The summed E-state index contributed by atoms with van der Waals surface area (Å²) < 4.78 is 0. The Morgan fingerprint density at radius 1 is 1.38 bits per heavy atom. The fraction of sp³-hybridized carbons (Fsp3) is 0.588. The normalized spacial score (nSPS) is 26.6. The average Bonchev–Trinajstić information content (AvgIpc) is 2.41. The van der Waals surface area contributed by atoms with Crippen LogP contribution in [0, 0.1) is 18.8 Å². The summed E-state index contributed by atoms with van der Waals surface area (Å²) in [6.07, 6.45) is 1.19. The summed E-state index contributed by atoms with van der Waals surface area (Å²) in [4.78, 5) is 14.6. The lowest BCUT2D eigenvalue weighted by molar-refractivity contribution is -0.118. The van der Waals surface area contributed by atoms with Gasteiger partial charge in [-0.2, -0.15) is 0 Å². The number of carbonyl (C=O) groups excluding carboxylic acids is 1. The molecule has 1 saturated heterocycles. The first kappa shape index (κ1) is 16.0. The highest BCUT2D eigenvalue weighted by Gasteiger charge is 2.31. The minimum absolute atomic E-state index is 0.0454. The number of piperidine rings is 1. The molecule has 0 saturated carbocycles. The van der Waals surface area contributed by atoms with E-state index in [0.717, 1.165) is 17.8 Å². The van der Waals surface area contributed by atoms with Gasteiger partial charge in [0, 0.05) is 24.8 Å². The number of hydrogen-bond donors (Lipinski definition) is 2. The van der Waals surface area contributed by atoms with Crippen LogP contribution in [0.15, 0.2) is 24.3 Å². The number of nitrogens with two attached hydrogens (primary N) is 1. The van der Waals surface area contributed by atoms with Crippen molar-refractivity contribution >= 4 is 11.6 Å². The van der Waals surface area contributed by atoms with Crippen molar-refractivity contribution < 1.29 is 4.79 Å². The summed E-state index contributed by atoms with van der Waals surface area (Å²) in [5, 5.41) is 3.01. The molecule has 116 valence electrons. The monoisotopic (exact) mass is 289 g/mol. The van der Waals surface area contributed by atoms with Crippen molar-refractivity contribution in [3.8, 4) is 0 Å². The second-order valence-electron chi connectivity index (χ2n) is 6.41. The van der Waals surface area contributed by atoms with Crippen LogP contribution >= 0.6 is 0 Å². The number of anilines is 1. The van der Waals surface area contributed by atoms with Gasteiger partial charge < -0.3 is 11.1 Å². The predicted octanol–water partition coefficient (Wildman–Crippen LogP) is 2.24. The third-order valence-electron chi connectivity index (χ3n) is 4.45. The first-order valence-corrected chi connectivity index (χ1v) is 7.80. The van der Waals surface area contributed by atoms with Crippen molar-refractivity contribution in [2.45, 2.75) is 33.2 Å². The van der Waals surface area contributed by atoms with Crippen LogP contribution in [-0.2, 0) is 4.79 Å². The minimum Gasteiger partial charge on any atom is -0.329 e. The molecule has 0 bridgehead atoms. The quantitative estimate of drug-likeness (QED) is 0.893. The van der Waals surface area contributed by atoms with E-state index in [4.69, 9.17) is 5.73 Å². The van der Waals surface area contributed by atoms with E-state index >= 15 is 0 Å². The summed E-state index contributed by atoms with van der Waals surface area (Å²) >= 11 is 0. The van der Waals surface area contributed by atoms with E-state index < -0.39 is 0 Å². The van der Waals surface area contributed by atoms with E-state index in [1.807, 2.05) is 31.2 Å². The van der Waals surface area contributed by atoms with E-state index in [-0.39, 0.29) is 5.91 Å². The third kappa shape index (κ3) is 4.05. The largest absolute Gasteiger partial charge is 0.329 e. The van der Waals surface area contributed by atoms with Gasteiger partial charge in [0.15, 0.2) is 0 Å². The molecule has 1 aliphatic rings. The smallest absolute Gasteiger partial charge is 0.238 e. The maximum atomic E-state index is 12.3. The molecule has 3 N–H and O–H groups in total. The maximum Gasteiger partial charge on any atom is 0.238 e. The van der Waals surface area contributed by atoms with Crippen molar-refractivity contribution in [3.05, 3.63) is 29.8 Å². The Morgan fingerprint density at radius 3 is 2.76 bits per heavy atom. The molecule has 21 heavy (non-hydrogen) atoms. The first-order valence-electron chi connectivity index (χ1n) is 7.80. The summed E-state index contributed by atoms with van der Waals surface area (Å²) in [7, 11) is 0. The Bertz CT molecular complexity index is 489. The van der Waals surface area contributed by atoms with Crippen LogP contribution in [0.2, 0.25) is 0 Å². The van der Waals surface area contributed by atoms with Gasteiger partial charge in [0.1, 0.15) is 0 Å². The molecular weight excluding hydrogens is 262 g/mol.